The number of amidine groups is 1. The van der Waals surface area contributed by atoms with Gasteiger partial charge in [0.1, 0.15) is 17.8 Å². The smallest absolute Gasteiger partial charge is 0.350 e. The van der Waals surface area contributed by atoms with E-state index in [0.717, 1.165) is 52.8 Å². The fourth-order valence-corrected chi connectivity index (χ4v) is 5.89. The van der Waals surface area contributed by atoms with Gasteiger partial charge in [-0.1, -0.05) is 66.7 Å². The van der Waals surface area contributed by atoms with Gasteiger partial charge < -0.3 is 15.3 Å². The second-order valence-corrected chi connectivity index (χ2v) is 11.9. The number of para-hydroxylation sites is 2. The van der Waals surface area contributed by atoms with Crippen LogP contribution in [0.1, 0.15) is 43.4 Å². The maximum Gasteiger partial charge on any atom is 0.350 e. The first-order valence-electron chi connectivity index (χ1n) is 15.2. The molecule has 5 aromatic rings. The number of nitrogens with zero attached hydrogens (tertiary/aromatic N) is 3. The van der Waals surface area contributed by atoms with Gasteiger partial charge in [0, 0.05) is 46.7 Å². The number of fused-ring (bicyclic) bond motifs is 2. The van der Waals surface area contributed by atoms with Crippen molar-refractivity contribution in [2.24, 2.45) is 4.99 Å². The van der Waals surface area contributed by atoms with Crippen LogP contribution in [0, 0.1) is 0 Å². The molecule has 1 atom stereocenters. The fourth-order valence-electron chi connectivity index (χ4n) is 5.89. The van der Waals surface area contributed by atoms with Crippen molar-refractivity contribution in [3.8, 4) is 0 Å². The third kappa shape index (κ3) is 6.14. The summed E-state index contributed by atoms with van der Waals surface area (Å²) in [6.45, 7) is 7.91. The summed E-state index contributed by atoms with van der Waals surface area (Å²) in [5.41, 5.74) is 5.91. The molecule has 6 rings (SSSR count). The third-order valence-electron chi connectivity index (χ3n) is 8.51. The van der Waals surface area contributed by atoms with Crippen LogP contribution in [0.4, 0.5) is 0 Å². The second kappa shape index (κ2) is 12.6. The minimum absolute atomic E-state index is 0.165. The van der Waals surface area contributed by atoms with Crippen molar-refractivity contribution in [2.45, 2.75) is 57.7 Å². The quantitative estimate of drug-likeness (QED) is 0.122. The largest absolute Gasteiger partial charge is 0.361 e. The molecular formula is C37H39N6O+. The number of aliphatic imine (C=N–C) groups is 1. The van der Waals surface area contributed by atoms with Gasteiger partial charge in [-0.15, -0.1) is 0 Å². The Hall–Kier alpha value is -5.13. The average molecular weight is 584 g/mol. The first-order chi connectivity index (χ1) is 21.4. The summed E-state index contributed by atoms with van der Waals surface area (Å²) >= 11 is 0. The van der Waals surface area contributed by atoms with Crippen LogP contribution in [0.2, 0.25) is 0 Å². The minimum Gasteiger partial charge on any atom is -0.361 e. The number of allylic oxidation sites excluding steroid dienone is 1. The van der Waals surface area contributed by atoms with E-state index < -0.39 is 5.54 Å². The van der Waals surface area contributed by atoms with E-state index in [1.807, 2.05) is 36.7 Å². The molecule has 0 fully saturated rings. The number of aromatic nitrogens is 2. The van der Waals surface area contributed by atoms with Crippen LogP contribution in [-0.4, -0.2) is 51.1 Å². The first-order valence-corrected chi connectivity index (χ1v) is 15.2. The average Bonchev–Trinajstić information content (AvgIpc) is 3.66. The summed E-state index contributed by atoms with van der Waals surface area (Å²) in [6, 6.07) is 26.8. The van der Waals surface area contributed by atoms with E-state index in [-0.39, 0.29) is 11.9 Å². The molecule has 0 aliphatic carbocycles. The Morgan fingerprint density at radius 1 is 0.909 bits per heavy atom. The number of nitrogens with one attached hydrogen (secondary N) is 3. The predicted octanol–water partition coefficient (Wildman–Crippen LogP) is 6.11. The number of hydrogen-bond donors (Lipinski definition) is 3. The molecule has 0 radical (unpaired) electrons. The number of benzene rings is 3. The van der Waals surface area contributed by atoms with Crippen molar-refractivity contribution in [2.75, 3.05) is 0 Å². The molecule has 0 bridgehead atoms. The molecule has 3 N–H and O–H groups in total. The van der Waals surface area contributed by atoms with E-state index in [9.17, 15) is 4.79 Å². The fraction of sp³-hybridized carbons (Fsp3) is 0.243. The van der Waals surface area contributed by atoms with Crippen molar-refractivity contribution in [1.82, 2.24) is 24.9 Å². The van der Waals surface area contributed by atoms with Crippen molar-refractivity contribution in [3.63, 3.8) is 0 Å². The van der Waals surface area contributed by atoms with Crippen LogP contribution in [0.15, 0.2) is 108 Å². The Morgan fingerprint density at radius 2 is 1.55 bits per heavy atom. The molecule has 44 heavy (non-hydrogen) atoms. The standard InChI is InChI=1S/C37H38N6O/c1-37(2,38-3)36(44)42-33(22-28-24-41-32-18-10-8-16-30(28)32)34-20-21-39-35(43(34)25-26-12-5-4-6-13-26)19-11-14-27-23-40-31-17-9-7-15-29(27)31/h4-10,12-13,15-18,20-21,23-24,33,40-41H,3,11,14,19,22,25H2,1-2H3/p+1/t33-/m1/s1. The predicted molar refractivity (Wildman–Crippen MR) is 182 cm³/mol. The van der Waals surface area contributed by atoms with E-state index in [0.29, 0.717) is 13.0 Å². The molecular weight excluding hydrogens is 544 g/mol. The Balaban J connectivity index is 1.31. The maximum absolute atomic E-state index is 13.6. The zero-order chi connectivity index (χ0) is 30.5. The SMILES string of the molecule is C=NC(C)(C)C(=O)N[C@H](Cc1c[nH]c2ccccc12)C1=CC=[N+]=C(CCCc2c[nH]c3ccccc23)N1Cc1ccccc1. The summed E-state index contributed by atoms with van der Waals surface area (Å²) in [6.07, 6.45) is 11.4. The molecule has 2 aromatic heterocycles. The van der Waals surface area contributed by atoms with Crippen LogP contribution < -0.4 is 9.98 Å². The number of carbonyl (C=O) groups excluding carboxylic acids is 1. The monoisotopic (exact) mass is 583 g/mol. The molecule has 7 heteroatoms. The van der Waals surface area contributed by atoms with Gasteiger partial charge >= 0.3 is 5.84 Å². The number of amides is 1. The topological polar surface area (TPSA) is 90.4 Å². The number of rotatable bonds is 12. The molecule has 0 saturated carbocycles. The van der Waals surface area contributed by atoms with Gasteiger partial charge in [-0.25, -0.2) is 9.57 Å². The molecule has 3 heterocycles. The number of aromatic amines is 2. The first kappa shape index (κ1) is 29.0. The van der Waals surface area contributed by atoms with Crippen molar-refractivity contribution < 1.29 is 4.79 Å². The number of carbonyl (C=O) groups is 1. The van der Waals surface area contributed by atoms with Crippen molar-refractivity contribution in [3.05, 3.63) is 120 Å². The molecule has 1 amide bonds. The normalized spacial score (nSPS) is 14.0. The highest BCUT2D eigenvalue weighted by Gasteiger charge is 2.37. The lowest BCUT2D eigenvalue weighted by Gasteiger charge is -2.29. The third-order valence-corrected chi connectivity index (χ3v) is 8.51. The molecule has 3 aromatic carbocycles. The van der Waals surface area contributed by atoms with Crippen molar-refractivity contribution in [1.29, 1.82) is 0 Å². The van der Waals surface area contributed by atoms with Crippen LogP contribution in [0.5, 0.6) is 0 Å². The lowest BCUT2D eigenvalue weighted by molar-refractivity contribution is -0.125. The van der Waals surface area contributed by atoms with Gasteiger partial charge in [-0.3, -0.25) is 9.79 Å². The highest BCUT2D eigenvalue weighted by molar-refractivity contribution is 5.92. The Kier molecular flexibility index (Phi) is 8.31. The summed E-state index contributed by atoms with van der Waals surface area (Å²) in [7, 11) is 0. The molecule has 0 spiro atoms. The van der Waals surface area contributed by atoms with E-state index in [1.165, 1.54) is 16.5 Å². The van der Waals surface area contributed by atoms with Crippen molar-refractivity contribution >= 4 is 46.5 Å². The second-order valence-electron chi connectivity index (χ2n) is 11.9. The lowest BCUT2D eigenvalue weighted by atomic mass is 9.97. The summed E-state index contributed by atoms with van der Waals surface area (Å²) in [4.78, 5) is 26.8. The van der Waals surface area contributed by atoms with Gasteiger partial charge in [0.05, 0.1) is 12.5 Å². The highest BCUT2D eigenvalue weighted by Crippen LogP contribution is 2.26. The summed E-state index contributed by atoms with van der Waals surface area (Å²) in [5, 5.41) is 5.76. The summed E-state index contributed by atoms with van der Waals surface area (Å²) < 4.78 is 4.90. The Bertz CT molecular complexity index is 1890. The van der Waals surface area contributed by atoms with E-state index in [4.69, 9.17) is 4.67 Å². The van der Waals surface area contributed by atoms with E-state index in [2.05, 4.69) is 98.8 Å². The Morgan fingerprint density at radius 3 is 2.25 bits per heavy atom. The molecule has 7 nitrogen and oxygen atoms in total. The highest BCUT2D eigenvalue weighted by atomic mass is 16.2. The number of hydrogen-bond acceptors (Lipinski definition) is 3. The molecule has 0 saturated heterocycles. The number of H-pyrrole nitrogens is 2. The van der Waals surface area contributed by atoms with Crippen LogP contribution in [-0.2, 0) is 24.2 Å². The molecule has 0 unspecified atom stereocenters. The number of aryl methyl sites for hydroxylation is 1. The molecule has 1 aliphatic rings. The van der Waals surface area contributed by atoms with E-state index in [1.54, 1.807) is 13.8 Å². The van der Waals surface area contributed by atoms with Crippen LogP contribution >= 0.6 is 0 Å². The van der Waals surface area contributed by atoms with Gasteiger partial charge in [0.25, 0.3) is 0 Å². The van der Waals surface area contributed by atoms with Crippen LogP contribution in [0.25, 0.3) is 21.8 Å². The minimum atomic E-state index is -0.960. The lowest BCUT2D eigenvalue weighted by Crippen LogP contribution is -2.51. The zero-order valence-corrected chi connectivity index (χ0v) is 25.4. The van der Waals surface area contributed by atoms with E-state index >= 15 is 0 Å². The van der Waals surface area contributed by atoms with Gasteiger partial charge in [-0.05, 0) is 62.2 Å². The summed E-state index contributed by atoms with van der Waals surface area (Å²) in [5.74, 6) is 0.826. The molecule has 1 aliphatic heterocycles. The van der Waals surface area contributed by atoms with Crippen LogP contribution in [0.3, 0.4) is 0 Å². The Labute approximate surface area is 258 Å². The van der Waals surface area contributed by atoms with Gasteiger partial charge in [0.2, 0.25) is 5.91 Å². The molecule has 222 valence electrons. The maximum atomic E-state index is 13.6. The zero-order valence-electron chi connectivity index (χ0n) is 25.4. The van der Waals surface area contributed by atoms with Gasteiger partial charge in [0.15, 0.2) is 6.21 Å². The van der Waals surface area contributed by atoms with Gasteiger partial charge in [-0.2, -0.15) is 0 Å².